The van der Waals surface area contributed by atoms with E-state index in [0.717, 1.165) is 13.0 Å². The van der Waals surface area contributed by atoms with Gasteiger partial charge in [-0.05, 0) is 23.7 Å². The quantitative estimate of drug-likeness (QED) is 0.803. The standard InChI is InChI=1S/C16H32N2O/c1-8-12(6)14-16(19)18(9-13(7)10(2)3)15(17-14)11(4)5/h10-15,17H,8-9H2,1-7H3. The van der Waals surface area contributed by atoms with Crippen LogP contribution in [0.4, 0.5) is 0 Å². The van der Waals surface area contributed by atoms with Gasteiger partial charge in [-0.25, -0.2) is 0 Å². The van der Waals surface area contributed by atoms with Gasteiger partial charge >= 0.3 is 0 Å². The van der Waals surface area contributed by atoms with E-state index in [4.69, 9.17) is 0 Å². The van der Waals surface area contributed by atoms with Crippen molar-refractivity contribution >= 4 is 5.91 Å². The largest absolute Gasteiger partial charge is 0.325 e. The van der Waals surface area contributed by atoms with Gasteiger partial charge in [0, 0.05) is 6.54 Å². The summed E-state index contributed by atoms with van der Waals surface area (Å²) in [6.45, 7) is 16.3. The minimum atomic E-state index is 0.0109. The molecule has 0 aromatic carbocycles. The maximum absolute atomic E-state index is 12.6. The van der Waals surface area contributed by atoms with Crippen molar-refractivity contribution < 1.29 is 4.79 Å². The Labute approximate surface area is 119 Å². The van der Waals surface area contributed by atoms with Crippen molar-refractivity contribution in [2.75, 3.05) is 6.54 Å². The summed E-state index contributed by atoms with van der Waals surface area (Å²) in [5.74, 6) is 2.33. The molecule has 3 nitrogen and oxygen atoms in total. The Morgan fingerprint density at radius 1 is 1.16 bits per heavy atom. The maximum atomic E-state index is 12.6. The molecule has 3 heteroatoms. The van der Waals surface area contributed by atoms with Gasteiger partial charge in [0.25, 0.3) is 0 Å². The molecule has 4 unspecified atom stereocenters. The van der Waals surface area contributed by atoms with Gasteiger partial charge in [-0.2, -0.15) is 0 Å². The first-order valence-electron chi connectivity index (χ1n) is 7.86. The summed E-state index contributed by atoms with van der Waals surface area (Å²) >= 11 is 0. The van der Waals surface area contributed by atoms with Crippen LogP contribution in [0.25, 0.3) is 0 Å². The van der Waals surface area contributed by atoms with Crippen molar-refractivity contribution in [3.63, 3.8) is 0 Å². The number of hydrogen-bond donors (Lipinski definition) is 1. The second-order valence-corrected chi connectivity index (χ2v) is 6.93. The monoisotopic (exact) mass is 268 g/mol. The van der Waals surface area contributed by atoms with Gasteiger partial charge in [-0.15, -0.1) is 0 Å². The predicted octanol–water partition coefficient (Wildman–Crippen LogP) is 3.11. The molecule has 0 aromatic rings. The highest BCUT2D eigenvalue weighted by Crippen LogP contribution is 2.25. The topological polar surface area (TPSA) is 32.3 Å². The van der Waals surface area contributed by atoms with Gasteiger partial charge in [0.1, 0.15) is 0 Å². The molecule has 0 spiro atoms. The second-order valence-electron chi connectivity index (χ2n) is 6.93. The van der Waals surface area contributed by atoms with Crippen LogP contribution in [0.5, 0.6) is 0 Å². The van der Waals surface area contributed by atoms with E-state index in [-0.39, 0.29) is 12.2 Å². The van der Waals surface area contributed by atoms with E-state index < -0.39 is 0 Å². The molecule has 1 aliphatic heterocycles. The average molecular weight is 268 g/mol. The van der Waals surface area contributed by atoms with Crippen molar-refractivity contribution in [2.24, 2.45) is 23.7 Å². The number of amides is 1. The Bertz CT molecular complexity index is 301. The number of carbonyl (C=O) groups excluding carboxylic acids is 1. The third-order valence-electron chi connectivity index (χ3n) is 4.70. The minimum absolute atomic E-state index is 0.0109. The van der Waals surface area contributed by atoms with Crippen molar-refractivity contribution in [1.82, 2.24) is 10.2 Å². The van der Waals surface area contributed by atoms with Crippen molar-refractivity contribution in [3.8, 4) is 0 Å². The summed E-state index contributed by atoms with van der Waals surface area (Å²) in [4.78, 5) is 14.7. The number of nitrogens with one attached hydrogen (secondary N) is 1. The second kappa shape index (κ2) is 6.74. The fraction of sp³-hybridized carbons (Fsp3) is 0.938. The smallest absolute Gasteiger partial charge is 0.241 e. The molecule has 0 aromatic heterocycles. The molecule has 0 aliphatic carbocycles. The molecule has 1 heterocycles. The Hall–Kier alpha value is -0.570. The summed E-state index contributed by atoms with van der Waals surface area (Å²) in [6.07, 6.45) is 1.25. The molecule has 19 heavy (non-hydrogen) atoms. The van der Waals surface area contributed by atoms with Gasteiger partial charge in [0.05, 0.1) is 12.2 Å². The SMILES string of the molecule is CCC(C)C1NC(C(C)C)N(CC(C)C(C)C)C1=O. The normalized spacial score (nSPS) is 27.4. The van der Waals surface area contributed by atoms with Gasteiger partial charge in [-0.3, -0.25) is 10.1 Å². The lowest BCUT2D eigenvalue weighted by Crippen LogP contribution is -2.44. The van der Waals surface area contributed by atoms with Gasteiger partial charge in [0.2, 0.25) is 5.91 Å². The fourth-order valence-corrected chi connectivity index (χ4v) is 2.58. The summed E-state index contributed by atoms with van der Waals surface area (Å²) in [7, 11) is 0. The zero-order valence-corrected chi connectivity index (χ0v) is 13.7. The molecule has 112 valence electrons. The summed E-state index contributed by atoms with van der Waals surface area (Å²) in [6, 6.07) is 0.0109. The van der Waals surface area contributed by atoms with Gasteiger partial charge in [-0.1, -0.05) is 54.9 Å². The molecular formula is C16H32N2O. The van der Waals surface area contributed by atoms with Crippen molar-refractivity contribution in [1.29, 1.82) is 0 Å². The first-order chi connectivity index (χ1) is 8.79. The Morgan fingerprint density at radius 3 is 2.16 bits per heavy atom. The van der Waals surface area contributed by atoms with E-state index in [1.54, 1.807) is 0 Å². The zero-order chi connectivity index (χ0) is 14.7. The van der Waals surface area contributed by atoms with Crippen LogP contribution < -0.4 is 5.32 Å². The predicted molar refractivity (Wildman–Crippen MR) is 80.7 cm³/mol. The lowest BCUT2D eigenvalue weighted by atomic mass is 9.96. The van der Waals surface area contributed by atoms with Crippen LogP contribution in [0.15, 0.2) is 0 Å². The molecule has 1 rings (SSSR count). The van der Waals surface area contributed by atoms with E-state index in [9.17, 15) is 4.79 Å². The highest BCUT2D eigenvalue weighted by Gasteiger charge is 2.42. The average Bonchev–Trinajstić information content (AvgIpc) is 2.66. The third-order valence-corrected chi connectivity index (χ3v) is 4.70. The van der Waals surface area contributed by atoms with E-state index >= 15 is 0 Å². The molecule has 1 fully saturated rings. The lowest BCUT2D eigenvalue weighted by molar-refractivity contribution is -0.132. The number of carbonyl (C=O) groups is 1. The maximum Gasteiger partial charge on any atom is 0.241 e. The molecule has 1 amide bonds. The van der Waals surface area contributed by atoms with Crippen molar-refractivity contribution in [2.45, 2.75) is 67.1 Å². The molecule has 0 radical (unpaired) electrons. The summed E-state index contributed by atoms with van der Waals surface area (Å²) < 4.78 is 0. The van der Waals surface area contributed by atoms with E-state index in [1.165, 1.54) is 0 Å². The van der Waals surface area contributed by atoms with E-state index in [2.05, 4.69) is 58.7 Å². The van der Waals surface area contributed by atoms with Crippen LogP contribution in [0, 0.1) is 23.7 Å². The fourth-order valence-electron chi connectivity index (χ4n) is 2.58. The number of hydrogen-bond acceptors (Lipinski definition) is 2. The van der Waals surface area contributed by atoms with E-state index in [1.807, 2.05) is 0 Å². The van der Waals surface area contributed by atoms with Crippen LogP contribution in [0.2, 0.25) is 0 Å². The summed E-state index contributed by atoms with van der Waals surface area (Å²) in [5, 5.41) is 3.56. The molecule has 0 saturated carbocycles. The van der Waals surface area contributed by atoms with Crippen LogP contribution in [-0.2, 0) is 4.79 Å². The first-order valence-corrected chi connectivity index (χ1v) is 7.86. The highest BCUT2D eigenvalue weighted by molar-refractivity contribution is 5.84. The Balaban J connectivity index is 2.83. The minimum Gasteiger partial charge on any atom is -0.325 e. The van der Waals surface area contributed by atoms with Gasteiger partial charge in [0.15, 0.2) is 0 Å². The lowest BCUT2D eigenvalue weighted by Gasteiger charge is -2.30. The Morgan fingerprint density at radius 2 is 1.74 bits per heavy atom. The molecular weight excluding hydrogens is 236 g/mol. The first kappa shape index (κ1) is 16.5. The van der Waals surface area contributed by atoms with E-state index in [0.29, 0.717) is 29.6 Å². The highest BCUT2D eigenvalue weighted by atomic mass is 16.2. The summed E-state index contributed by atoms with van der Waals surface area (Å²) in [5.41, 5.74) is 0. The number of nitrogens with zero attached hydrogens (tertiary/aromatic N) is 1. The molecule has 1 saturated heterocycles. The van der Waals surface area contributed by atoms with Crippen LogP contribution >= 0.6 is 0 Å². The third kappa shape index (κ3) is 3.71. The van der Waals surface area contributed by atoms with Crippen molar-refractivity contribution in [3.05, 3.63) is 0 Å². The van der Waals surface area contributed by atoms with Gasteiger partial charge < -0.3 is 4.90 Å². The molecule has 1 N–H and O–H groups in total. The van der Waals surface area contributed by atoms with Crippen LogP contribution in [-0.4, -0.2) is 29.6 Å². The molecule has 4 atom stereocenters. The zero-order valence-electron chi connectivity index (χ0n) is 13.7. The molecule has 1 aliphatic rings. The Kier molecular flexibility index (Phi) is 5.84. The van der Waals surface area contributed by atoms with Crippen LogP contribution in [0.3, 0.4) is 0 Å². The van der Waals surface area contributed by atoms with Crippen LogP contribution in [0.1, 0.15) is 54.9 Å². The molecule has 0 bridgehead atoms. The number of rotatable bonds is 6.